The van der Waals surface area contributed by atoms with Gasteiger partial charge in [-0.1, -0.05) is 12.1 Å². The number of carbonyl (C=O) groups is 3. The van der Waals surface area contributed by atoms with E-state index in [1.165, 1.54) is 27.5 Å². The molecule has 1 aromatic carbocycles. The Morgan fingerprint density at radius 3 is 2.86 bits per heavy atom. The van der Waals surface area contributed by atoms with Crippen molar-refractivity contribution in [1.29, 1.82) is 5.26 Å². The molecule has 22 heavy (non-hydrogen) atoms. The second kappa shape index (κ2) is 5.05. The molecule has 2 aliphatic rings. The largest absolute Gasteiger partial charge is 0.325 e. The molecule has 0 radical (unpaired) electrons. The van der Waals surface area contributed by atoms with E-state index in [1.54, 1.807) is 0 Å². The van der Waals surface area contributed by atoms with Crippen LogP contribution in [0.4, 0.5) is 5.69 Å². The van der Waals surface area contributed by atoms with E-state index in [0.717, 1.165) is 16.8 Å². The average Bonchev–Trinajstić information content (AvgIpc) is 2.98. The van der Waals surface area contributed by atoms with Gasteiger partial charge >= 0.3 is 5.91 Å². The van der Waals surface area contributed by atoms with Crippen LogP contribution < -0.4 is 5.32 Å². The molecule has 3 rings (SSSR count). The van der Waals surface area contributed by atoms with E-state index < -0.39 is 21.2 Å². The highest BCUT2D eigenvalue weighted by Crippen LogP contribution is 2.46. The maximum atomic E-state index is 12.5. The number of nitrogens with zero attached hydrogens (tertiary/aromatic N) is 2. The summed E-state index contributed by atoms with van der Waals surface area (Å²) in [6.07, 6.45) is 0.209. The molecule has 2 atom stereocenters. The van der Waals surface area contributed by atoms with Gasteiger partial charge in [0.2, 0.25) is 5.91 Å². The van der Waals surface area contributed by atoms with E-state index in [2.05, 4.69) is 5.32 Å². The molecule has 0 saturated carbocycles. The summed E-state index contributed by atoms with van der Waals surface area (Å²) in [7, 11) is 0. The minimum absolute atomic E-state index is 0.0562. The highest BCUT2D eigenvalue weighted by Gasteiger charge is 2.56. The number of nitrogens with one attached hydrogen (secondary N) is 1. The molecule has 2 heterocycles. The normalized spacial score (nSPS) is 25.8. The molecule has 7 heteroatoms. The smallest absolute Gasteiger partial charge is 0.301 e. The van der Waals surface area contributed by atoms with Crippen LogP contribution in [0.2, 0.25) is 0 Å². The summed E-state index contributed by atoms with van der Waals surface area (Å²) in [6, 6.07) is 6.89. The van der Waals surface area contributed by atoms with E-state index in [1.807, 2.05) is 31.2 Å². The quantitative estimate of drug-likeness (QED) is 0.430. The number of fused-ring (bicyclic) bond motifs is 2. The Balaban J connectivity index is 2.06. The summed E-state index contributed by atoms with van der Waals surface area (Å²) in [5.41, 5.74) is 1.59. The number of aryl methyl sites for hydroxylation is 1. The summed E-state index contributed by atoms with van der Waals surface area (Å²) in [5, 5.41) is 12.1. The molecule has 0 aromatic heterocycles. The standard InChI is InChI=1S/C15H12IN3O3/c1-8-2-3-10-11(4-8)18-14(22)15(10)5-9(6-17)19(7-15)13(21)12(16)20/h2-4,9H,5,7H2,1H3,(H,18,22)/t9-,15-/m0/s1. The number of hydrogen-bond acceptors (Lipinski definition) is 4. The summed E-state index contributed by atoms with van der Waals surface area (Å²) in [6.45, 7) is 1.98. The van der Waals surface area contributed by atoms with Crippen molar-refractivity contribution < 1.29 is 14.4 Å². The highest BCUT2D eigenvalue weighted by atomic mass is 127. The number of benzene rings is 1. The lowest BCUT2D eigenvalue weighted by atomic mass is 9.79. The Labute approximate surface area is 140 Å². The first-order chi connectivity index (χ1) is 10.4. The molecule has 1 fully saturated rings. The molecule has 112 valence electrons. The van der Waals surface area contributed by atoms with E-state index in [4.69, 9.17) is 0 Å². The molecule has 2 amide bonds. The summed E-state index contributed by atoms with van der Waals surface area (Å²) in [5.74, 6) is -0.943. The van der Waals surface area contributed by atoms with Crippen molar-refractivity contribution in [2.24, 2.45) is 0 Å². The molecule has 2 aliphatic heterocycles. The fourth-order valence-electron chi connectivity index (χ4n) is 3.25. The van der Waals surface area contributed by atoms with Crippen molar-refractivity contribution >= 4 is 43.9 Å². The fraction of sp³-hybridized carbons (Fsp3) is 0.333. The van der Waals surface area contributed by atoms with Crippen LogP contribution in [0.1, 0.15) is 17.5 Å². The van der Waals surface area contributed by atoms with Gasteiger partial charge in [-0.15, -0.1) is 0 Å². The summed E-state index contributed by atoms with van der Waals surface area (Å²) in [4.78, 5) is 37.1. The van der Waals surface area contributed by atoms with Crippen LogP contribution in [0.3, 0.4) is 0 Å². The molecule has 0 aliphatic carbocycles. The fourth-order valence-corrected chi connectivity index (χ4v) is 3.56. The van der Waals surface area contributed by atoms with E-state index >= 15 is 0 Å². The zero-order valence-electron chi connectivity index (χ0n) is 11.7. The van der Waals surface area contributed by atoms with Crippen LogP contribution >= 0.6 is 22.6 Å². The molecule has 6 nitrogen and oxygen atoms in total. The molecule has 1 aromatic rings. The lowest BCUT2D eigenvalue weighted by molar-refractivity contribution is -0.139. The molecule has 1 saturated heterocycles. The van der Waals surface area contributed by atoms with Crippen molar-refractivity contribution in [2.45, 2.75) is 24.8 Å². The topological polar surface area (TPSA) is 90.3 Å². The minimum atomic E-state index is -0.939. The Hall–Kier alpha value is -1.95. The number of rotatable bonds is 1. The number of nitriles is 1. The highest BCUT2D eigenvalue weighted by molar-refractivity contribution is 14.1. The predicted molar refractivity (Wildman–Crippen MR) is 86.2 cm³/mol. The summed E-state index contributed by atoms with van der Waals surface area (Å²) < 4.78 is -0.655. The van der Waals surface area contributed by atoms with Gasteiger partial charge in [0.15, 0.2) is 0 Å². The van der Waals surface area contributed by atoms with Crippen LogP contribution in [-0.4, -0.2) is 33.1 Å². The van der Waals surface area contributed by atoms with Crippen LogP contribution in [0, 0.1) is 18.3 Å². The lowest BCUT2D eigenvalue weighted by Gasteiger charge is -2.21. The lowest BCUT2D eigenvalue weighted by Crippen LogP contribution is -2.41. The Bertz CT molecular complexity index is 755. The van der Waals surface area contributed by atoms with Gasteiger partial charge in [0.1, 0.15) is 6.04 Å². The third kappa shape index (κ3) is 2.01. The van der Waals surface area contributed by atoms with Gasteiger partial charge in [0, 0.05) is 41.2 Å². The second-order valence-electron chi connectivity index (χ2n) is 5.64. The maximum Gasteiger partial charge on any atom is 0.301 e. The van der Waals surface area contributed by atoms with E-state index in [-0.39, 0.29) is 18.9 Å². The van der Waals surface area contributed by atoms with E-state index in [9.17, 15) is 19.6 Å². The molecule has 0 bridgehead atoms. The zero-order valence-corrected chi connectivity index (χ0v) is 13.9. The Morgan fingerprint density at radius 2 is 2.23 bits per heavy atom. The Kier molecular flexibility index (Phi) is 3.44. The van der Waals surface area contributed by atoms with Crippen LogP contribution in [0.25, 0.3) is 0 Å². The van der Waals surface area contributed by atoms with Crippen LogP contribution in [0.15, 0.2) is 18.2 Å². The first-order valence-electron chi connectivity index (χ1n) is 6.72. The zero-order chi connectivity index (χ0) is 16.1. The number of anilines is 1. The van der Waals surface area contributed by atoms with Crippen LogP contribution in [0.5, 0.6) is 0 Å². The van der Waals surface area contributed by atoms with Gasteiger partial charge < -0.3 is 10.2 Å². The molecular weight excluding hydrogens is 397 g/mol. The van der Waals surface area contributed by atoms with Crippen LogP contribution in [-0.2, 0) is 19.8 Å². The number of amides is 2. The number of halogens is 1. The van der Waals surface area contributed by atoms with Gasteiger partial charge in [-0.2, -0.15) is 5.26 Å². The summed E-state index contributed by atoms with van der Waals surface area (Å²) >= 11 is 1.41. The monoisotopic (exact) mass is 409 g/mol. The van der Waals surface area contributed by atoms with Crippen molar-refractivity contribution in [3.8, 4) is 6.07 Å². The maximum absolute atomic E-state index is 12.5. The van der Waals surface area contributed by atoms with Gasteiger partial charge in [0.05, 0.1) is 11.5 Å². The van der Waals surface area contributed by atoms with Gasteiger partial charge in [-0.25, -0.2) is 0 Å². The molecule has 1 spiro atoms. The third-order valence-corrected chi connectivity index (χ3v) is 4.77. The van der Waals surface area contributed by atoms with Crippen molar-refractivity contribution in [3.05, 3.63) is 29.3 Å². The van der Waals surface area contributed by atoms with Crippen molar-refractivity contribution in [3.63, 3.8) is 0 Å². The second-order valence-corrected chi connectivity index (χ2v) is 6.62. The number of carbonyl (C=O) groups excluding carboxylic acids is 3. The number of likely N-dealkylation sites (tertiary alicyclic amines) is 1. The SMILES string of the molecule is Cc1ccc2c(c1)NC(=O)[C@]21C[C@@H](C#N)N(C(=O)C(=O)I)C1. The molecule has 0 unspecified atom stereocenters. The minimum Gasteiger partial charge on any atom is -0.325 e. The molecular formula is C15H12IN3O3. The van der Waals surface area contributed by atoms with Gasteiger partial charge in [-0.3, -0.25) is 14.4 Å². The predicted octanol–water partition coefficient (Wildman–Crippen LogP) is 1.27. The van der Waals surface area contributed by atoms with Gasteiger partial charge in [-0.05, 0) is 24.1 Å². The van der Waals surface area contributed by atoms with Gasteiger partial charge in [0.25, 0.3) is 3.79 Å². The van der Waals surface area contributed by atoms with E-state index in [0.29, 0.717) is 0 Å². The third-order valence-electron chi connectivity index (χ3n) is 4.31. The molecule has 1 N–H and O–H groups in total. The average molecular weight is 409 g/mol. The van der Waals surface area contributed by atoms with Crippen molar-refractivity contribution in [1.82, 2.24) is 4.90 Å². The van der Waals surface area contributed by atoms with Crippen molar-refractivity contribution in [2.75, 3.05) is 11.9 Å². The first-order valence-corrected chi connectivity index (χ1v) is 7.79. The first kappa shape index (κ1) is 15.0. The Morgan fingerprint density at radius 1 is 1.50 bits per heavy atom. The number of hydrogen-bond donors (Lipinski definition) is 1.